The molecular formula is C28H27ClN2O7S. The van der Waals surface area contributed by atoms with Crippen LogP contribution in [0, 0.1) is 12.8 Å². The minimum Gasteiger partial charge on any atom is -0.475 e. The second-order valence-electron chi connectivity index (χ2n) is 9.51. The van der Waals surface area contributed by atoms with Crippen molar-refractivity contribution in [2.45, 2.75) is 44.7 Å². The van der Waals surface area contributed by atoms with Crippen molar-refractivity contribution in [3.63, 3.8) is 0 Å². The average molecular weight is 571 g/mol. The first-order valence-electron chi connectivity index (χ1n) is 12.5. The Balaban J connectivity index is 1.53. The van der Waals surface area contributed by atoms with Crippen LogP contribution in [0.15, 0.2) is 68.5 Å². The van der Waals surface area contributed by atoms with E-state index in [0.717, 1.165) is 12.8 Å². The Hall–Kier alpha value is -3.76. The Labute approximate surface area is 230 Å². The Morgan fingerprint density at radius 2 is 1.87 bits per heavy atom. The molecular weight excluding hydrogens is 544 g/mol. The number of anilines is 1. The first-order valence-corrected chi connectivity index (χ1v) is 14.3. The number of carboxylic acid groups (broad SMARTS) is 1. The van der Waals surface area contributed by atoms with E-state index in [1.54, 1.807) is 55.3 Å². The summed E-state index contributed by atoms with van der Waals surface area (Å²) in [6.45, 7) is 3.78. The third-order valence-corrected chi connectivity index (χ3v) is 8.93. The summed E-state index contributed by atoms with van der Waals surface area (Å²) in [5.74, 6) is -0.901. The summed E-state index contributed by atoms with van der Waals surface area (Å²) in [6, 6.07) is 12.7. The summed E-state index contributed by atoms with van der Waals surface area (Å²) in [5.41, 5.74) is 1.59. The third kappa shape index (κ3) is 5.26. The van der Waals surface area contributed by atoms with Gasteiger partial charge in [0.05, 0.1) is 23.4 Å². The molecule has 1 amide bonds. The zero-order chi connectivity index (χ0) is 27.9. The fraction of sp³-hybridized carbons (Fsp3) is 0.286. The highest BCUT2D eigenvalue weighted by Crippen LogP contribution is 2.36. The molecule has 204 valence electrons. The number of carbonyl (C=O) groups excluding carboxylic acids is 1. The lowest BCUT2D eigenvalue weighted by atomic mass is 10.1. The maximum absolute atomic E-state index is 13.9. The van der Waals surface area contributed by atoms with Gasteiger partial charge >= 0.3 is 5.97 Å². The van der Waals surface area contributed by atoms with Crippen LogP contribution >= 0.6 is 11.6 Å². The minimum absolute atomic E-state index is 0.0138. The predicted molar refractivity (Wildman–Crippen MR) is 145 cm³/mol. The van der Waals surface area contributed by atoms with Gasteiger partial charge < -0.3 is 18.8 Å². The number of amides is 1. The predicted octanol–water partition coefficient (Wildman–Crippen LogP) is 5.84. The monoisotopic (exact) mass is 570 g/mol. The lowest BCUT2D eigenvalue weighted by Crippen LogP contribution is -2.34. The third-order valence-electron chi connectivity index (χ3n) is 6.81. The number of carboxylic acids is 1. The van der Waals surface area contributed by atoms with Gasteiger partial charge in [0, 0.05) is 35.0 Å². The van der Waals surface area contributed by atoms with Crippen LogP contribution in [0.5, 0.6) is 0 Å². The van der Waals surface area contributed by atoms with Gasteiger partial charge in [-0.15, -0.1) is 0 Å². The summed E-state index contributed by atoms with van der Waals surface area (Å²) in [7, 11) is -4.09. The highest BCUT2D eigenvalue weighted by molar-refractivity contribution is 7.92. The zero-order valence-corrected chi connectivity index (χ0v) is 23.0. The quantitative estimate of drug-likeness (QED) is 0.254. The molecule has 0 spiro atoms. The van der Waals surface area contributed by atoms with Crippen molar-refractivity contribution in [3.05, 3.63) is 82.5 Å². The van der Waals surface area contributed by atoms with Crippen molar-refractivity contribution in [2.75, 3.05) is 10.8 Å². The number of rotatable bonds is 10. The standard InChI is InChI=1S/C28H27ClN2O7S/c1-3-31(39(35,36)22-9-11-25-23(14-22)17(2)26(38-25)28(33)34)24-10-8-20(29)13-19(24)15-30(27(32)18-6-7-18)16-21-5-4-12-37-21/h4-5,8-14,18H,3,6-7,15-16H2,1-2H3,(H,33,34). The first kappa shape index (κ1) is 26.8. The van der Waals surface area contributed by atoms with Crippen LogP contribution in [0.2, 0.25) is 5.02 Å². The molecule has 1 aliphatic carbocycles. The van der Waals surface area contributed by atoms with Gasteiger partial charge in [-0.3, -0.25) is 9.10 Å². The van der Waals surface area contributed by atoms with Crippen LogP contribution in [-0.4, -0.2) is 36.8 Å². The molecule has 1 fully saturated rings. The Morgan fingerprint density at radius 1 is 1.10 bits per heavy atom. The average Bonchev–Trinajstić information content (AvgIpc) is 3.52. The number of aryl methyl sites for hydroxylation is 1. The van der Waals surface area contributed by atoms with E-state index < -0.39 is 16.0 Å². The molecule has 0 saturated heterocycles. The number of sulfonamides is 1. The molecule has 0 unspecified atom stereocenters. The molecule has 1 aliphatic rings. The van der Waals surface area contributed by atoms with Crippen molar-refractivity contribution < 1.29 is 31.9 Å². The lowest BCUT2D eigenvalue weighted by molar-refractivity contribution is -0.134. The van der Waals surface area contributed by atoms with Crippen molar-refractivity contribution >= 4 is 50.2 Å². The molecule has 39 heavy (non-hydrogen) atoms. The largest absolute Gasteiger partial charge is 0.475 e. The summed E-state index contributed by atoms with van der Waals surface area (Å²) >= 11 is 6.34. The normalized spacial score (nSPS) is 13.5. The van der Waals surface area contributed by atoms with Gasteiger partial charge in [-0.2, -0.15) is 0 Å². The molecule has 0 atom stereocenters. The smallest absolute Gasteiger partial charge is 0.372 e. The molecule has 11 heteroatoms. The lowest BCUT2D eigenvalue weighted by Gasteiger charge is -2.28. The van der Waals surface area contributed by atoms with Crippen LogP contribution in [0.1, 0.15) is 47.2 Å². The molecule has 1 N–H and O–H groups in total. The fourth-order valence-electron chi connectivity index (χ4n) is 4.68. The number of benzene rings is 2. The number of aromatic carboxylic acids is 1. The maximum Gasteiger partial charge on any atom is 0.372 e. The second kappa shape index (κ2) is 10.4. The number of hydrogen-bond donors (Lipinski definition) is 1. The molecule has 4 aromatic rings. The van der Waals surface area contributed by atoms with Crippen LogP contribution in [0.25, 0.3) is 11.0 Å². The number of carbonyl (C=O) groups is 2. The Bertz CT molecular complexity index is 1660. The van der Waals surface area contributed by atoms with Gasteiger partial charge in [-0.25, -0.2) is 13.2 Å². The highest BCUT2D eigenvalue weighted by Gasteiger charge is 2.35. The van der Waals surface area contributed by atoms with E-state index in [4.69, 9.17) is 20.4 Å². The maximum atomic E-state index is 13.9. The van der Waals surface area contributed by atoms with E-state index in [1.165, 1.54) is 22.5 Å². The molecule has 0 aliphatic heterocycles. The number of furan rings is 2. The molecule has 2 heterocycles. The van der Waals surface area contributed by atoms with Crippen LogP contribution < -0.4 is 4.31 Å². The SMILES string of the molecule is CCN(c1ccc(Cl)cc1CN(Cc1ccco1)C(=O)C1CC1)S(=O)(=O)c1ccc2oc(C(=O)O)c(C)c2c1. The van der Waals surface area contributed by atoms with E-state index in [2.05, 4.69) is 0 Å². The zero-order valence-electron chi connectivity index (χ0n) is 21.4. The first-order chi connectivity index (χ1) is 18.6. The van der Waals surface area contributed by atoms with Crippen LogP contribution in [-0.2, 0) is 27.9 Å². The Morgan fingerprint density at radius 3 is 2.51 bits per heavy atom. The van der Waals surface area contributed by atoms with Gasteiger partial charge in [0.25, 0.3) is 10.0 Å². The van der Waals surface area contributed by atoms with Gasteiger partial charge in [-0.05, 0) is 80.8 Å². The molecule has 0 radical (unpaired) electrons. The van der Waals surface area contributed by atoms with Crippen molar-refractivity contribution in [2.24, 2.45) is 5.92 Å². The number of nitrogens with zero attached hydrogens (tertiary/aromatic N) is 2. The summed E-state index contributed by atoms with van der Waals surface area (Å²) in [4.78, 5) is 26.3. The second-order valence-corrected chi connectivity index (χ2v) is 11.8. The number of fused-ring (bicyclic) bond motifs is 1. The molecule has 1 saturated carbocycles. The summed E-state index contributed by atoms with van der Waals surface area (Å²) in [5, 5.41) is 10.2. The van der Waals surface area contributed by atoms with Gasteiger partial charge in [0.1, 0.15) is 11.3 Å². The van der Waals surface area contributed by atoms with Crippen LogP contribution in [0.3, 0.4) is 0 Å². The van der Waals surface area contributed by atoms with Gasteiger partial charge in [0.15, 0.2) is 0 Å². The Kier molecular flexibility index (Phi) is 7.17. The van der Waals surface area contributed by atoms with E-state index in [-0.39, 0.29) is 47.7 Å². The van der Waals surface area contributed by atoms with Gasteiger partial charge in [0.2, 0.25) is 11.7 Å². The molecule has 5 rings (SSSR count). The van der Waals surface area contributed by atoms with E-state index in [1.807, 2.05) is 0 Å². The molecule has 2 aromatic heterocycles. The van der Waals surface area contributed by atoms with E-state index in [0.29, 0.717) is 33.0 Å². The summed E-state index contributed by atoms with van der Waals surface area (Å²) < 4.78 is 40.0. The van der Waals surface area contributed by atoms with Gasteiger partial charge in [-0.1, -0.05) is 11.6 Å². The molecule has 9 nitrogen and oxygen atoms in total. The number of hydrogen-bond acceptors (Lipinski definition) is 6. The molecule has 2 aromatic carbocycles. The topological polar surface area (TPSA) is 121 Å². The van der Waals surface area contributed by atoms with E-state index >= 15 is 0 Å². The minimum atomic E-state index is -4.09. The van der Waals surface area contributed by atoms with E-state index in [9.17, 15) is 23.1 Å². The summed E-state index contributed by atoms with van der Waals surface area (Å²) in [6.07, 6.45) is 3.19. The van der Waals surface area contributed by atoms with Crippen molar-refractivity contribution in [1.29, 1.82) is 0 Å². The number of halogens is 1. The highest BCUT2D eigenvalue weighted by atomic mass is 35.5. The van der Waals surface area contributed by atoms with Crippen molar-refractivity contribution in [1.82, 2.24) is 4.90 Å². The van der Waals surface area contributed by atoms with Crippen molar-refractivity contribution in [3.8, 4) is 0 Å². The fourth-order valence-corrected chi connectivity index (χ4v) is 6.41. The molecule has 0 bridgehead atoms. The van der Waals surface area contributed by atoms with Crippen LogP contribution in [0.4, 0.5) is 5.69 Å².